The van der Waals surface area contributed by atoms with Gasteiger partial charge in [-0.1, -0.05) is 31.1 Å². The van der Waals surface area contributed by atoms with Crippen molar-refractivity contribution in [1.29, 1.82) is 0 Å². The summed E-state index contributed by atoms with van der Waals surface area (Å²) >= 11 is 0. The van der Waals surface area contributed by atoms with Gasteiger partial charge in [0.1, 0.15) is 0 Å². The molecule has 1 aromatic rings. The van der Waals surface area contributed by atoms with Crippen LogP contribution in [-0.4, -0.2) is 29.1 Å². The quantitative estimate of drug-likeness (QED) is 0.451. The fraction of sp³-hybridized carbons (Fsp3) is 0.143. The van der Waals surface area contributed by atoms with Crippen molar-refractivity contribution < 1.29 is 15.1 Å². The third-order valence-electron chi connectivity index (χ3n) is 1.72. The zero-order valence-corrected chi connectivity index (χ0v) is 6.81. The Morgan fingerprint density at radius 1 is 0.917 bits per heavy atom. The van der Waals surface area contributed by atoms with Gasteiger partial charge in [-0.2, -0.15) is 0 Å². The summed E-state index contributed by atoms with van der Waals surface area (Å²) in [6, 6.07) is 6.48. The van der Waals surface area contributed by atoms with E-state index >= 15 is 0 Å². The molecule has 0 saturated heterocycles. The predicted octanol–water partition coefficient (Wildman–Crippen LogP) is -1.81. The van der Waals surface area contributed by atoms with Crippen molar-refractivity contribution in [2.75, 3.05) is 0 Å². The fourth-order valence-corrected chi connectivity index (χ4v) is 0.947. The zero-order valence-electron chi connectivity index (χ0n) is 6.81. The number of hydrogen-bond acceptors (Lipinski definition) is 3. The molecule has 3 nitrogen and oxygen atoms in total. The molecular weight excluding hydrogens is 154 g/mol. The molecule has 5 heteroatoms. The van der Waals surface area contributed by atoms with E-state index < -0.39 is 14.0 Å². The number of benzene rings is 1. The van der Waals surface area contributed by atoms with Gasteiger partial charge in [0.25, 0.3) is 0 Å². The molecule has 0 aliphatic carbocycles. The van der Waals surface area contributed by atoms with Crippen LogP contribution in [0, 0.1) is 0 Å². The summed E-state index contributed by atoms with van der Waals surface area (Å²) in [5.41, 5.74) is 1.19. The summed E-state index contributed by atoms with van der Waals surface area (Å²) < 4.78 is 0. The van der Waals surface area contributed by atoms with Crippen molar-refractivity contribution in [2.24, 2.45) is 0 Å². The Balaban J connectivity index is 2.86. The minimum Gasteiger partial charge on any atom is -0.447 e. The Bertz CT molecular complexity index is 218. The lowest BCUT2D eigenvalue weighted by molar-refractivity contribution is 0.426. The van der Waals surface area contributed by atoms with Gasteiger partial charge >= 0.3 is 14.0 Å². The Hall–Kier alpha value is -0.770. The Morgan fingerprint density at radius 2 is 1.33 bits per heavy atom. The van der Waals surface area contributed by atoms with E-state index in [1.165, 1.54) is 0 Å². The maximum Gasteiger partial charge on any atom is 0.488 e. The predicted molar refractivity (Wildman–Crippen MR) is 49.7 cm³/mol. The largest absolute Gasteiger partial charge is 0.488 e. The van der Waals surface area contributed by atoms with Crippen LogP contribution in [0.15, 0.2) is 24.3 Å². The highest BCUT2D eigenvalue weighted by Crippen LogP contribution is 1.84. The summed E-state index contributed by atoms with van der Waals surface area (Å²) in [4.78, 5) is 0. The minimum atomic E-state index is -1.44. The molecule has 0 bridgehead atoms. The van der Waals surface area contributed by atoms with Gasteiger partial charge in [0.15, 0.2) is 0 Å². The Morgan fingerprint density at radius 3 is 1.67 bits per heavy atom. The molecule has 0 aliphatic heterocycles. The zero-order chi connectivity index (χ0) is 9.14. The lowest BCUT2D eigenvalue weighted by Crippen LogP contribution is -2.33. The molecule has 0 unspecified atom stereocenters. The van der Waals surface area contributed by atoms with Gasteiger partial charge in [0, 0.05) is 0 Å². The molecule has 1 rings (SSSR count). The van der Waals surface area contributed by atoms with Gasteiger partial charge in [0.2, 0.25) is 0 Å². The van der Waals surface area contributed by atoms with Crippen molar-refractivity contribution in [3.8, 4) is 0 Å². The third kappa shape index (κ3) is 2.11. The smallest absolute Gasteiger partial charge is 0.447 e. The van der Waals surface area contributed by atoms with E-state index in [0.717, 1.165) is 5.46 Å². The topological polar surface area (TPSA) is 60.7 Å². The fourth-order valence-electron chi connectivity index (χ4n) is 0.947. The van der Waals surface area contributed by atoms with Crippen LogP contribution in [0.3, 0.4) is 0 Å². The lowest BCUT2D eigenvalue weighted by Gasteiger charge is -2.02. The lowest BCUT2D eigenvalue weighted by atomic mass is 9.63. The highest BCUT2D eigenvalue weighted by molar-refractivity contribution is 6.65. The van der Waals surface area contributed by atoms with Crippen molar-refractivity contribution in [3.05, 3.63) is 24.3 Å². The van der Waals surface area contributed by atoms with E-state index in [0.29, 0.717) is 5.46 Å². The van der Waals surface area contributed by atoms with Crippen molar-refractivity contribution >= 4 is 25.0 Å². The van der Waals surface area contributed by atoms with Crippen LogP contribution in [0.5, 0.6) is 0 Å². The van der Waals surface area contributed by atoms with Crippen LogP contribution in [0.2, 0.25) is 6.82 Å². The molecule has 0 aromatic heterocycles. The first-order valence-corrected chi connectivity index (χ1v) is 3.75. The minimum absolute atomic E-state index is 0.430. The van der Waals surface area contributed by atoms with Crippen LogP contribution >= 0.6 is 0 Å². The first kappa shape index (κ1) is 9.32. The standard InChI is InChI=1S/C7H10B2O3/c1-8(10)6-2-4-7(5-3-6)9(11)12/h2-5,10-12H,1H3. The average molecular weight is 164 g/mol. The van der Waals surface area contributed by atoms with E-state index in [4.69, 9.17) is 15.1 Å². The molecular formula is C7H10B2O3. The summed E-state index contributed by atoms with van der Waals surface area (Å²) in [5.74, 6) is 0. The second-order valence-corrected chi connectivity index (χ2v) is 2.72. The molecule has 1 aromatic carbocycles. The maximum atomic E-state index is 9.13. The van der Waals surface area contributed by atoms with Crippen LogP contribution in [-0.2, 0) is 0 Å². The molecule has 62 valence electrons. The molecule has 12 heavy (non-hydrogen) atoms. The third-order valence-corrected chi connectivity index (χ3v) is 1.72. The summed E-state index contributed by atoms with van der Waals surface area (Å²) in [5, 5.41) is 26.6. The van der Waals surface area contributed by atoms with Gasteiger partial charge in [-0.25, -0.2) is 0 Å². The first-order valence-electron chi connectivity index (χ1n) is 3.75. The first-order chi connectivity index (χ1) is 5.61. The Kier molecular flexibility index (Phi) is 2.92. The normalized spacial score (nSPS) is 9.67. The van der Waals surface area contributed by atoms with Crippen molar-refractivity contribution in [3.63, 3.8) is 0 Å². The number of rotatable bonds is 2. The molecule has 0 heterocycles. The van der Waals surface area contributed by atoms with E-state index in [1.807, 2.05) is 0 Å². The van der Waals surface area contributed by atoms with Crippen LogP contribution in [0.25, 0.3) is 0 Å². The summed E-state index contributed by atoms with van der Waals surface area (Å²) in [6.45, 7) is 1.14. The van der Waals surface area contributed by atoms with E-state index in [1.54, 1.807) is 31.1 Å². The van der Waals surface area contributed by atoms with E-state index in [9.17, 15) is 0 Å². The molecule has 0 amide bonds. The summed E-state index contributed by atoms with van der Waals surface area (Å²) in [7, 11) is -1.44. The molecule has 0 aliphatic rings. The van der Waals surface area contributed by atoms with Gasteiger partial charge in [-0.15, -0.1) is 0 Å². The van der Waals surface area contributed by atoms with Gasteiger partial charge < -0.3 is 15.1 Å². The second kappa shape index (κ2) is 3.76. The van der Waals surface area contributed by atoms with Crippen molar-refractivity contribution in [2.45, 2.75) is 6.82 Å². The molecule has 0 fully saturated rings. The highest BCUT2D eigenvalue weighted by atomic mass is 16.4. The summed E-state index contributed by atoms with van der Waals surface area (Å²) in [6.07, 6.45) is 0. The molecule has 3 N–H and O–H groups in total. The molecule has 0 atom stereocenters. The molecule has 0 radical (unpaired) electrons. The average Bonchev–Trinajstić information content (AvgIpc) is 2.04. The second-order valence-electron chi connectivity index (χ2n) is 2.72. The van der Waals surface area contributed by atoms with Gasteiger partial charge in [-0.05, 0) is 10.9 Å². The van der Waals surface area contributed by atoms with Crippen LogP contribution in [0.1, 0.15) is 0 Å². The van der Waals surface area contributed by atoms with E-state index in [-0.39, 0.29) is 0 Å². The monoisotopic (exact) mass is 164 g/mol. The Labute approximate surface area is 71.9 Å². The maximum absolute atomic E-state index is 9.13. The van der Waals surface area contributed by atoms with Gasteiger partial charge in [0.05, 0.1) is 0 Å². The molecule has 0 saturated carbocycles. The van der Waals surface area contributed by atoms with Crippen molar-refractivity contribution in [1.82, 2.24) is 0 Å². The van der Waals surface area contributed by atoms with Gasteiger partial charge in [-0.3, -0.25) is 0 Å². The van der Waals surface area contributed by atoms with Crippen LogP contribution < -0.4 is 10.9 Å². The van der Waals surface area contributed by atoms with E-state index in [2.05, 4.69) is 0 Å². The SMILES string of the molecule is CB(O)c1ccc(B(O)O)cc1. The van der Waals surface area contributed by atoms with Crippen LogP contribution in [0.4, 0.5) is 0 Å². The molecule has 0 spiro atoms. The number of hydrogen-bond donors (Lipinski definition) is 3. The highest BCUT2D eigenvalue weighted by Gasteiger charge is 2.11.